The van der Waals surface area contributed by atoms with E-state index >= 15 is 0 Å². The van der Waals surface area contributed by atoms with Crippen molar-refractivity contribution in [2.24, 2.45) is 0 Å². The average Bonchev–Trinajstić information content (AvgIpc) is 2.57. The first-order chi connectivity index (χ1) is 11.9. The van der Waals surface area contributed by atoms with Crippen LogP contribution in [-0.2, 0) is 17.9 Å². The van der Waals surface area contributed by atoms with Crippen molar-refractivity contribution in [2.75, 3.05) is 0 Å². The van der Waals surface area contributed by atoms with Gasteiger partial charge in [-0.05, 0) is 35.9 Å². The number of amides is 1. The van der Waals surface area contributed by atoms with Crippen LogP contribution < -0.4 is 10.7 Å². The van der Waals surface area contributed by atoms with Crippen molar-refractivity contribution in [3.63, 3.8) is 0 Å². The lowest BCUT2D eigenvalue weighted by molar-refractivity contribution is -0.121. The van der Waals surface area contributed by atoms with E-state index in [9.17, 15) is 9.59 Å². The van der Waals surface area contributed by atoms with Gasteiger partial charge in [0, 0.05) is 38.7 Å². The molecular formula is C18H13BrCl2N2O2. The summed E-state index contributed by atoms with van der Waals surface area (Å²) in [6.07, 6.45) is 1.62. The second kappa shape index (κ2) is 7.60. The lowest BCUT2D eigenvalue weighted by Crippen LogP contribution is -2.27. The molecule has 0 aliphatic carbocycles. The van der Waals surface area contributed by atoms with Crippen LogP contribution >= 0.6 is 39.1 Å². The number of benzene rings is 2. The lowest BCUT2D eigenvalue weighted by atomic mass is 10.2. The standard InChI is InChI=1S/C18H13BrCl2N2O2/c19-12-2-4-16-14(7-12)17(24)5-6-23(16)10-18(25)22-9-11-1-3-13(20)8-15(11)21/h1-8H,9-10H2,(H,22,25). The molecule has 0 saturated carbocycles. The third-order valence-corrected chi connectivity index (χ3v) is 4.82. The molecule has 25 heavy (non-hydrogen) atoms. The highest BCUT2D eigenvalue weighted by Gasteiger charge is 2.09. The number of pyridine rings is 1. The molecular weight excluding hydrogens is 427 g/mol. The SMILES string of the molecule is O=C(Cn1ccc(=O)c2cc(Br)ccc21)NCc1ccc(Cl)cc1Cl. The van der Waals surface area contributed by atoms with Crippen molar-refractivity contribution in [1.82, 2.24) is 9.88 Å². The number of nitrogens with zero attached hydrogens (tertiary/aromatic N) is 1. The Kier molecular flexibility index (Phi) is 5.47. The summed E-state index contributed by atoms with van der Waals surface area (Å²) < 4.78 is 2.55. The van der Waals surface area contributed by atoms with Crippen molar-refractivity contribution in [2.45, 2.75) is 13.1 Å². The minimum absolute atomic E-state index is 0.0825. The summed E-state index contributed by atoms with van der Waals surface area (Å²) in [7, 11) is 0. The third kappa shape index (κ3) is 4.24. The molecule has 0 radical (unpaired) electrons. The van der Waals surface area contributed by atoms with Gasteiger partial charge in [0.05, 0.1) is 5.52 Å². The normalized spacial score (nSPS) is 10.8. The van der Waals surface area contributed by atoms with E-state index in [1.54, 1.807) is 35.0 Å². The minimum Gasteiger partial charge on any atom is -0.350 e. The maximum atomic E-state index is 12.3. The molecule has 0 aliphatic rings. The van der Waals surface area contributed by atoms with Crippen molar-refractivity contribution in [1.29, 1.82) is 0 Å². The zero-order valence-electron chi connectivity index (χ0n) is 12.9. The van der Waals surface area contributed by atoms with Gasteiger partial charge in [-0.3, -0.25) is 9.59 Å². The summed E-state index contributed by atoms with van der Waals surface area (Å²) in [4.78, 5) is 24.3. The molecule has 0 bridgehead atoms. The van der Waals surface area contributed by atoms with Gasteiger partial charge in [-0.25, -0.2) is 0 Å². The molecule has 4 nitrogen and oxygen atoms in total. The van der Waals surface area contributed by atoms with Crippen LogP contribution in [0.4, 0.5) is 0 Å². The van der Waals surface area contributed by atoms with Crippen LogP contribution in [0.2, 0.25) is 10.0 Å². The number of fused-ring (bicyclic) bond motifs is 1. The largest absolute Gasteiger partial charge is 0.350 e. The summed E-state index contributed by atoms with van der Waals surface area (Å²) in [6, 6.07) is 12.0. The minimum atomic E-state index is -0.182. The van der Waals surface area contributed by atoms with Crippen LogP contribution in [0.1, 0.15) is 5.56 Å². The number of nitrogens with one attached hydrogen (secondary N) is 1. The summed E-state index contributed by atoms with van der Waals surface area (Å²) in [5.41, 5.74) is 1.41. The Hall–Kier alpha value is -1.82. The van der Waals surface area contributed by atoms with Crippen LogP contribution in [0.25, 0.3) is 10.9 Å². The molecule has 128 valence electrons. The van der Waals surface area contributed by atoms with Crippen molar-refractivity contribution in [3.05, 3.63) is 79.0 Å². The first-order valence-corrected chi connectivity index (χ1v) is 8.98. The van der Waals surface area contributed by atoms with E-state index in [4.69, 9.17) is 23.2 Å². The quantitative estimate of drug-likeness (QED) is 0.655. The average molecular weight is 440 g/mol. The van der Waals surface area contributed by atoms with Crippen molar-refractivity contribution < 1.29 is 4.79 Å². The van der Waals surface area contributed by atoms with Gasteiger partial charge >= 0.3 is 0 Å². The Morgan fingerprint density at radius 3 is 2.68 bits per heavy atom. The summed E-state index contributed by atoms with van der Waals surface area (Å²) >= 11 is 15.3. The molecule has 0 unspecified atom stereocenters. The van der Waals surface area contributed by atoms with Crippen LogP contribution in [0, 0.1) is 0 Å². The Labute approximate surface area is 162 Å². The predicted molar refractivity (Wildman–Crippen MR) is 104 cm³/mol. The Morgan fingerprint density at radius 1 is 1.12 bits per heavy atom. The number of carbonyl (C=O) groups is 1. The molecule has 0 fully saturated rings. The van der Waals surface area contributed by atoms with Gasteiger partial charge < -0.3 is 9.88 Å². The van der Waals surface area contributed by atoms with Gasteiger partial charge in [-0.2, -0.15) is 0 Å². The maximum Gasteiger partial charge on any atom is 0.240 e. The van der Waals surface area contributed by atoms with E-state index in [0.29, 0.717) is 27.5 Å². The molecule has 0 saturated heterocycles. The molecule has 1 aromatic heterocycles. The number of hydrogen-bond donors (Lipinski definition) is 1. The zero-order valence-corrected chi connectivity index (χ0v) is 16.0. The van der Waals surface area contributed by atoms with E-state index in [1.165, 1.54) is 6.07 Å². The lowest BCUT2D eigenvalue weighted by Gasteiger charge is -2.12. The monoisotopic (exact) mass is 438 g/mol. The molecule has 1 amide bonds. The van der Waals surface area contributed by atoms with Crippen LogP contribution in [0.15, 0.2) is 57.9 Å². The van der Waals surface area contributed by atoms with Gasteiger partial charge in [0.25, 0.3) is 0 Å². The number of hydrogen-bond acceptors (Lipinski definition) is 2. The van der Waals surface area contributed by atoms with E-state index in [-0.39, 0.29) is 17.9 Å². The van der Waals surface area contributed by atoms with Gasteiger partial charge in [-0.15, -0.1) is 0 Å². The topological polar surface area (TPSA) is 51.1 Å². The second-order valence-corrected chi connectivity index (χ2v) is 7.24. The maximum absolute atomic E-state index is 12.3. The highest BCUT2D eigenvalue weighted by atomic mass is 79.9. The Bertz CT molecular complexity index is 1020. The molecule has 0 atom stereocenters. The molecule has 7 heteroatoms. The first-order valence-electron chi connectivity index (χ1n) is 7.43. The second-order valence-electron chi connectivity index (χ2n) is 5.48. The summed E-state index contributed by atoms with van der Waals surface area (Å²) in [5.74, 6) is -0.182. The van der Waals surface area contributed by atoms with Gasteiger partial charge in [0.2, 0.25) is 5.91 Å². The predicted octanol–water partition coefficient (Wildman–Crippen LogP) is 4.39. The van der Waals surface area contributed by atoms with Crippen molar-refractivity contribution >= 4 is 55.9 Å². The van der Waals surface area contributed by atoms with Crippen LogP contribution in [0.3, 0.4) is 0 Å². The fourth-order valence-corrected chi connectivity index (χ4v) is 3.33. The third-order valence-electron chi connectivity index (χ3n) is 3.74. The molecule has 2 aromatic carbocycles. The van der Waals surface area contributed by atoms with Crippen LogP contribution in [0.5, 0.6) is 0 Å². The highest BCUT2D eigenvalue weighted by Crippen LogP contribution is 2.21. The molecule has 3 aromatic rings. The number of carbonyl (C=O) groups excluding carboxylic acids is 1. The van der Waals surface area contributed by atoms with E-state index in [0.717, 1.165) is 10.0 Å². The fourth-order valence-electron chi connectivity index (χ4n) is 2.49. The summed E-state index contributed by atoms with van der Waals surface area (Å²) in [6.45, 7) is 0.405. The van der Waals surface area contributed by atoms with E-state index in [1.807, 2.05) is 12.1 Å². The number of aromatic nitrogens is 1. The summed E-state index contributed by atoms with van der Waals surface area (Å²) in [5, 5.41) is 4.44. The molecule has 1 N–H and O–H groups in total. The zero-order chi connectivity index (χ0) is 18.0. The van der Waals surface area contributed by atoms with E-state index in [2.05, 4.69) is 21.2 Å². The molecule has 3 rings (SSSR count). The van der Waals surface area contributed by atoms with E-state index < -0.39 is 0 Å². The first kappa shape index (κ1) is 18.0. The van der Waals surface area contributed by atoms with Gasteiger partial charge in [-0.1, -0.05) is 45.2 Å². The number of halogens is 3. The fraction of sp³-hybridized carbons (Fsp3) is 0.111. The van der Waals surface area contributed by atoms with Gasteiger partial charge in [0.15, 0.2) is 5.43 Å². The molecule has 0 aliphatic heterocycles. The molecule has 0 spiro atoms. The Morgan fingerprint density at radius 2 is 1.92 bits per heavy atom. The van der Waals surface area contributed by atoms with Gasteiger partial charge in [0.1, 0.15) is 6.54 Å². The highest BCUT2D eigenvalue weighted by molar-refractivity contribution is 9.10. The van der Waals surface area contributed by atoms with Crippen LogP contribution in [-0.4, -0.2) is 10.5 Å². The van der Waals surface area contributed by atoms with Crippen molar-refractivity contribution in [3.8, 4) is 0 Å². The Balaban J connectivity index is 1.76. The number of rotatable bonds is 4. The smallest absolute Gasteiger partial charge is 0.240 e. The molecule has 1 heterocycles.